The molecule has 1 heterocycles. The van der Waals surface area contributed by atoms with Gasteiger partial charge in [-0.3, -0.25) is 4.99 Å². The Morgan fingerprint density at radius 3 is 2.41 bits per heavy atom. The lowest BCUT2D eigenvalue weighted by molar-refractivity contribution is 0.462. The van der Waals surface area contributed by atoms with Gasteiger partial charge in [0.1, 0.15) is 0 Å². The molecular formula is C18H28IN5O2S. The van der Waals surface area contributed by atoms with Gasteiger partial charge in [0, 0.05) is 46.1 Å². The number of benzene rings is 1. The van der Waals surface area contributed by atoms with Crippen molar-refractivity contribution in [2.45, 2.75) is 18.4 Å². The summed E-state index contributed by atoms with van der Waals surface area (Å²) >= 11 is 0. The molecule has 0 amide bonds. The van der Waals surface area contributed by atoms with E-state index in [9.17, 15) is 8.42 Å². The maximum absolute atomic E-state index is 12.3. The van der Waals surface area contributed by atoms with Crippen LogP contribution in [0, 0.1) is 6.92 Å². The Bertz CT molecular complexity index is 847. The van der Waals surface area contributed by atoms with Gasteiger partial charge in [-0.1, -0.05) is 17.7 Å². The van der Waals surface area contributed by atoms with Crippen LogP contribution in [-0.4, -0.2) is 51.0 Å². The van der Waals surface area contributed by atoms with Crippen molar-refractivity contribution in [3.05, 3.63) is 53.9 Å². The SMILES string of the molecule is CN=C(NCCNS(=O)(=O)c1ccc(C)cc1)N(C)Cc1cccn1C.I. The second kappa shape index (κ2) is 10.7. The standard InChI is InChI=1S/C18H27N5O2S.HI/c1-15-7-9-17(10-8-15)26(24,25)21-12-11-20-18(19-2)23(4)14-16-6-5-13-22(16)3;/h5-10,13,21H,11-12,14H2,1-4H3,(H,19,20);1H. The number of aromatic nitrogens is 1. The lowest BCUT2D eigenvalue weighted by Gasteiger charge is -2.22. The molecule has 0 radical (unpaired) electrons. The molecule has 0 aliphatic carbocycles. The van der Waals surface area contributed by atoms with Crippen molar-refractivity contribution in [2.75, 3.05) is 27.2 Å². The largest absolute Gasteiger partial charge is 0.355 e. The van der Waals surface area contributed by atoms with E-state index in [4.69, 9.17) is 0 Å². The zero-order valence-electron chi connectivity index (χ0n) is 16.1. The summed E-state index contributed by atoms with van der Waals surface area (Å²) in [4.78, 5) is 6.51. The van der Waals surface area contributed by atoms with Gasteiger partial charge in [0.05, 0.1) is 11.4 Å². The van der Waals surface area contributed by atoms with Crippen LogP contribution in [0.1, 0.15) is 11.3 Å². The fraction of sp³-hybridized carbons (Fsp3) is 0.389. The van der Waals surface area contributed by atoms with Gasteiger partial charge in [0.15, 0.2) is 5.96 Å². The van der Waals surface area contributed by atoms with Crippen LogP contribution >= 0.6 is 24.0 Å². The molecule has 7 nitrogen and oxygen atoms in total. The first-order chi connectivity index (χ1) is 12.3. The van der Waals surface area contributed by atoms with E-state index < -0.39 is 10.0 Å². The van der Waals surface area contributed by atoms with E-state index in [1.165, 1.54) is 0 Å². The Kier molecular flexibility index (Phi) is 9.27. The molecule has 9 heteroatoms. The number of nitrogens with one attached hydrogen (secondary N) is 2. The number of sulfonamides is 1. The van der Waals surface area contributed by atoms with Crippen molar-refractivity contribution in [1.29, 1.82) is 0 Å². The summed E-state index contributed by atoms with van der Waals surface area (Å²) in [5.41, 5.74) is 2.19. The Labute approximate surface area is 178 Å². The normalized spacial score (nSPS) is 11.8. The number of rotatable bonds is 7. The lowest BCUT2D eigenvalue weighted by atomic mass is 10.2. The molecular weight excluding hydrogens is 477 g/mol. The van der Waals surface area contributed by atoms with E-state index in [0.29, 0.717) is 19.0 Å². The molecule has 0 atom stereocenters. The van der Waals surface area contributed by atoms with Gasteiger partial charge in [-0.2, -0.15) is 0 Å². The molecule has 0 saturated heterocycles. The maximum Gasteiger partial charge on any atom is 0.240 e. The highest BCUT2D eigenvalue weighted by molar-refractivity contribution is 14.0. The predicted octanol–water partition coefficient (Wildman–Crippen LogP) is 1.94. The number of hydrogen-bond acceptors (Lipinski definition) is 3. The summed E-state index contributed by atoms with van der Waals surface area (Å²) in [5, 5.41) is 3.17. The highest BCUT2D eigenvalue weighted by atomic mass is 127. The van der Waals surface area contributed by atoms with E-state index in [0.717, 1.165) is 11.3 Å². The summed E-state index contributed by atoms with van der Waals surface area (Å²) in [6, 6.07) is 10.8. The number of aliphatic imine (C=N–C) groups is 1. The zero-order chi connectivity index (χ0) is 19.2. The van der Waals surface area contributed by atoms with Gasteiger partial charge in [-0.05, 0) is 31.2 Å². The van der Waals surface area contributed by atoms with Crippen LogP contribution in [0.3, 0.4) is 0 Å². The Balaban J connectivity index is 0.00000364. The third kappa shape index (κ3) is 6.82. The van der Waals surface area contributed by atoms with Gasteiger partial charge in [-0.15, -0.1) is 24.0 Å². The molecule has 0 saturated carbocycles. The van der Waals surface area contributed by atoms with Crippen LogP contribution in [0.15, 0.2) is 52.5 Å². The Morgan fingerprint density at radius 1 is 1.19 bits per heavy atom. The topological polar surface area (TPSA) is 78.7 Å². The molecule has 2 rings (SSSR count). The van der Waals surface area contributed by atoms with Crippen molar-refractivity contribution in [2.24, 2.45) is 12.0 Å². The molecule has 27 heavy (non-hydrogen) atoms. The van der Waals surface area contributed by atoms with Crippen LogP contribution < -0.4 is 10.0 Å². The quantitative estimate of drug-likeness (QED) is 0.261. The molecule has 150 valence electrons. The van der Waals surface area contributed by atoms with Crippen molar-refractivity contribution in [1.82, 2.24) is 19.5 Å². The maximum atomic E-state index is 12.3. The number of nitrogens with zero attached hydrogens (tertiary/aromatic N) is 3. The molecule has 0 aliphatic heterocycles. The molecule has 0 unspecified atom stereocenters. The van der Waals surface area contributed by atoms with Crippen molar-refractivity contribution in [3.8, 4) is 0 Å². The van der Waals surface area contributed by atoms with Crippen molar-refractivity contribution >= 4 is 40.0 Å². The molecule has 0 aliphatic rings. The van der Waals surface area contributed by atoms with Gasteiger partial charge in [0.25, 0.3) is 0 Å². The molecule has 0 spiro atoms. The second-order valence-electron chi connectivity index (χ2n) is 6.15. The summed E-state index contributed by atoms with van der Waals surface area (Å²) in [6.07, 6.45) is 2.00. The first kappa shape index (κ1) is 23.4. The van der Waals surface area contributed by atoms with E-state index in [1.54, 1.807) is 31.3 Å². The first-order valence-electron chi connectivity index (χ1n) is 8.42. The van der Waals surface area contributed by atoms with Gasteiger partial charge < -0.3 is 14.8 Å². The van der Waals surface area contributed by atoms with E-state index in [1.807, 2.05) is 38.2 Å². The van der Waals surface area contributed by atoms with Crippen LogP contribution in [0.4, 0.5) is 0 Å². The smallest absolute Gasteiger partial charge is 0.240 e. The first-order valence-corrected chi connectivity index (χ1v) is 9.90. The average molecular weight is 505 g/mol. The van der Waals surface area contributed by atoms with E-state index in [2.05, 4.69) is 25.7 Å². The van der Waals surface area contributed by atoms with E-state index >= 15 is 0 Å². The third-order valence-corrected chi connectivity index (χ3v) is 5.53. The van der Waals surface area contributed by atoms with Gasteiger partial charge in [0.2, 0.25) is 10.0 Å². The molecule has 1 aromatic heterocycles. The summed E-state index contributed by atoms with van der Waals surface area (Å²) < 4.78 is 29.2. The van der Waals surface area contributed by atoms with Crippen LogP contribution in [-0.2, 0) is 23.6 Å². The van der Waals surface area contributed by atoms with Crippen LogP contribution in [0.5, 0.6) is 0 Å². The summed E-state index contributed by atoms with van der Waals surface area (Å²) in [6.45, 7) is 3.34. The van der Waals surface area contributed by atoms with E-state index in [-0.39, 0.29) is 35.4 Å². The van der Waals surface area contributed by atoms with Gasteiger partial charge in [-0.25, -0.2) is 13.1 Å². The molecule has 2 aromatic rings. The second-order valence-corrected chi connectivity index (χ2v) is 7.92. The number of hydrogen-bond donors (Lipinski definition) is 2. The number of guanidine groups is 1. The van der Waals surface area contributed by atoms with Crippen LogP contribution in [0.2, 0.25) is 0 Å². The Morgan fingerprint density at radius 2 is 1.85 bits per heavy atom. The fourth-order valence-corrected chi connectivity index (χ4v) is 3.56. The molecule has 2 N–H and O–H groups in total. The van der Waals surface area contributed by atoms with Crippen molar-refractivity contribution < 1.29 is 8.42 Å². The third-order valence-electron chi connectivity index (χ3n) is 4.06. The Hall–Kier alpha value is -1.59. The average Bonchev–Trinajstić information content (AvgIpc) is 3.00. The highest BCUT2D eigenvalue weighted by Gasteiger charge is 2.13. The monoisotopic (exact) mass is 505 g/mol. The summed E-state index contributed by atoms with van der Waals surface area (Å²) in [7, 11) is 2.16. The zero-order valence-corrected chi connectivity index (χ0v) is 19.3. The lowest BCUT2D eigenvalue weighted by Crippen LogP contribution is -2.42. The summed E-state index contributed by atoms with van der Waals surface area (Å²) in [5.74, 6) is 0.709. The predicted molar refractivity (Wildman–Crippen MR) is 120 cm³/mol. The van der Waals surface area contributed by atoms with Crippen molar-refractivity contribution in [3.63, 3.8) is 0 Å². The van der Waals surface area contributed by atoms with Gasteiger partial charge >= 0.3 is 0 Å². The minimum Gasteiger partial charge on any atom is -0.355 e. The molecule has 0 fully saturated rings. The number of halogens is 1. The molecule has 0 bridgehead atoms. The fourth-order valence-electron chi connectivity index (χ4n) is 2.52. The minimum atomic E-state index is -3.50. The minimum absolute atomic E-state index is 0. The molecule has 1 aromatic carbocycles. The van der Waals surface area contributed by atoms with Crippen LogP contribution in [0.25, 0.3) is 0 Å². The highest BCUT2D eigenvalue weighted by Crippen LogP contribution is 2.09. The number of aryl methyl sites for hydroxylation is 2.